The van der Waals surface area contributed by atoms with Gasteiger partial charge in [0.05, 0.1) is 23.3 Å². The second kappa shape index (κ2) is 12.7. The standard InChI is InChI=1S/C45H38N6O/c1-28-13-8-9-16-36(28)44-49-48-43(51(44)42-29(2)14-12-15-30(42)3)31-23-33(46-7)26-35(24-31)52-34-19-20-38-37-17-10-11-18-39(37)50(40(38)27-34)41-25-32(21-22-47-41)45(4,5)6/h8-27H,1-6H3. The average Bonchev–Trinajstić information content (AvgIpc) is 3.71. The Kier molecular flexibility index (Phi) is 7.96. The number of hydrogen-bond acceptors (Lipinski definition) is 4. The largest absolute Gasteiger partial charge is 0.459 e. The van der Waals surface area contributed by atoms with E-state index in [4.69, 9.17) is 26.5 Å². The van der Waals surface area contributed by atoms with Crippen molar-refractivity contribution in [1.29, 1.82) is 0 Å². The van der Waals surface area contributed by atoms with E-state index in [-0.39, 0.29) is 5.41 Å². The zero-order valence-electron chi connectivity index (χ0n) is 30.1. The molecule has 0 aliphatic carbocycles. The number of rotatable bonds is 6. The molecule has 0 saturated carbocycles. The predicted molar refractivity (Wildman–Crippen MR) is 210 cm³/mol. The van der Waals surface area contributed by atoms with E-state index >= 15 is 0 Å². The Labute approximate surface area is 303 Å². The van der Waals surface area contributed by atoms with Crippen molar-refractivity contribution in [2.24, 2.45) is 0 Å². The molecule has 52 heavy (non-hydrogen) atoms. The predicted octanol–water partition coefficient (Wildman–Crippen LogP) is 11.7. The van der Waals surface area contributed by atoms with Crippen molar-refractivity contribution in [1.82, 2.24) is 24.3 Å². The number of benzene rings is 5. The lowest BCUT2D eigenvalue weighted by Gasteiger charge is -2.20. The summed E-state index contributed by atoms with van der Waals surface area (Å²) in [4.78, 5) is 8.66. The van der Waals surface area contributed by atoms with E-state index in [1.54, 1.807) is 6.07 Å². The first-order chi connectivity index (χ1) is 25.1. The Bertz CT molecular complexity index is 2680. The van der Waals surface area contributed by atoms with Crippen LogP contribution in [0.2, 0.25) is 0 Å². The van der Waals surface area contributed by atoms with Crippen LogP contribution in [0.15, 0.2) is 121 Å². The Morgan fingerprint density at radius 3 is 2.12 bits per heavy atom. The molecule has 0 unspecified atom stereocenters. The number of aromatic nitrogens is 5. The minimum absolute atomic E-state index is 0.0286. The van der Waals surface area contributed by atoms with Crippen LogP contribution in [0.3, 0.4) is 0 Å². The average molecular weight is 679 g/mol. The monoisotopic (exact) mass is 678 g/mol. The summed E-state index contributed by atoms with van der Waals surface area (Å²) in [6.45, 7) is 20.9. The van der Waals surface area contributed by atoms with Crippen LogP contribution in [-0.4, -0.2) is 24.3 Å². The topological polar surface area (TPSA) is 62.1 Å². The maximum absolute atomic E-state index is 8.00. The summed E-state index contributed by atoms with van der Waals surface area (Å²) in [5, 5.41) is 11.8. The number of para-hydroxylation sites is 2. The van der Waals surface area contributed by atoms with Crippen LogP contribution in [0.5, 0.6) is 11.5 Å². The van der Waals surface area contributed by atoms with Crippen molar-refractivity contribution in [2.45, 2.75) is 47.0 Å². The van der Waals surface area contributed by atoms with Gasteiger partial charge in [0.1, 0.15) is 17.3 Å². The van der Waals surface area contributed by atoms with E-state index < -0.39 is 0 Å². The molecule has 0 fully saturated rings. The number of ether oxygens (including phenoxy) is 1. The summed E-state index contributed by atoms with van der Waals surface area (Å²) in [6, 6.07) is 38.8. The number of aryl methyl sites for hydroxylation is 3. The van der Waals surface area contributed by atoms with E-state index in [1.807, 2.05) is 36.5 Å². The Morgan fingerprint density at radius 1 is 0.635 bits per heavy atom. The zero-order valence-corrected chi connectivity index (χ0v) is 30.1. The second-order valence-electron chi connectivity index (χ2n) is 14.4. The normalized spacial score (nSPS) is 11.6. The van der Waals surface area contributed by atoms with Crippen LogP contribution in [0.4, 0.5) is 5.69 Å². The lowest BCUT2D eigenvalue weighted by atomic mass is 9.88. The molecule has 0 aliphatic heterocycles. The Morgan fingerprint density at radius 2 is 1.35 bits per heavy atom. The summed E-state index contributed by atoms with van der Waals surface area (Å²) < 4.78 is 10.9. The zero-order chi connectivity index (χ0) is 36.1. The molecule has 3 aromatic heterocycles. The summed E-state index contributed by atoms with van der Waals surface area (Å²) >= 11 is 0. The maximum Gasteiger partial charge on any atom is 0.191 e. The molecule has 3 heterocycles. The lowest BCUT2D eigenvalue weighted by Crippen LogP contribution is -2.12. The Balaban J connectivity index is 1.27. The van der Waals surface area contributed by atoms with Crippen LogP contribution in [0, 0.1) is 27.3 Å². The highest BCUT2D eigenvalue weighted by molar-refractivity contribution is 6.09. The molecule has 0 N–H and O–H groups in total. The van der Waals surface area contributed by atoms with Crippen LogP contribution >= 0.6 is 0 Å². The van der Waals surface area contributed by atoms with Gasteiger partial charge in [-0.2, -0.15) is 0 Å². The minimum atomic E-state index is -0.0286. The van der Waals surface area contributed by atoms with Crippen molar-refractivity contribution in [2.75, 3.05) is 0 Å². The number of hydrogen-bond donors (Lipinski definition) is 0. The highest BCUT2D eigenvalue weighted by Gasteiger charge is 2.23. The molecule has 7 nitrogen and oxygen atoms in total. The van der Waals surface area contributed by atoms with Crippen LogP contribution < -0.4 is 4.74 Å². The molecule has 0 saturated heterocycles. The highest BCUT2D eigenvalue weighted by Crippen LogP contribution is 2.39. The third kappa shape index (κ3) is 5.69. The number of pyridine rings is 1. The fourth-order valence-corrected chi connectivity index (χ4v) is 7.08. The summed E-state index contributed by atoms with van der Waals surface area (Å²) in [7, 11) is 0. The third-order valence-corrected chi connectivity index (χ3v) is 9.71. The fourth-order valence-electron chi connectivity index (χ4n) is 7.08. The molecular formula is C45H38N6O. The molecule has 5 aromatic carbocycles. The van der Waals surface area contributed by atoms with Crippen molar-refractivity contribution in [3.8, 4) is 45.8 Å². The van der Waals surface area contributed by atoms with Crippen molar-refractivity contribution in [3.05, 3.63) is 155 Å². The molecule has 254 valence electrons. The molecule has 8 aromatic rings. The van der Waals surface area contributed by atoms with Gasteiger partial charge in [-0.25, -0.2) is 9.83 Å². The first-order valence-electron chi connectivity index (χ1n) is 17.4. The molecule has 0 radical (unpaired) electrons. The van der Waals surface area contributed by atoms with Crippen LogP contribution in [-0.2, 0) is 5.41 Å². The van der Waals surface area contributed by atoms with E-state index in [2.05, 4.69) is 134 Å². The van der Waals surface area contributed by atoms with Gasteiger partial charge in [0, 0.05) is 34.2 Å². The van der Waals surface area contributed by atoms with Gasteiger partial charge in [0.2, 0.25) is 0 Å². The van der Waals surface area contributed by atoms with Gasteiger partial charge in [-0.1, -0.05) is 81.4 Å². The third-order valence-electron chi connectivity index (χ3n) is 9.71. The number of fused-ring (bicyclic) bond motifs is 3. The first-order valence-corrected chi connectivity index (χ1v) is 17.4. The summed E-state index contributed by atoms with van der Waals surface area (Å²) in [5.41, 5.74) is 9.71. The van der Waals surface area contributed by atoms with E-state index in [9.17, 15) is 0 Å². The van der Waals surface area contributed by atoms with Gasteiger partial charge in [-0.05, 0) is 97.0 Å². The molecular weight excluding hydrogens is 641 g/mol. The van der Waals surface area contributed by atoms with E-state index in [0.29, 0.717) is 23.0 Å². The smallest absolute Gasteiger partial charge is 0.191 e. The molecule has 0 aliphatic rings. The summed E-state index contributed by atoms with van der Waals surface area (Å²) in [6.07, 6.45) is 1.88. The number of nitrogens with zero attached hydrogens (tertiary/aromatic N) is 6. The minimum Gasteiger partial charge on any atom is -0.459 e. The quantitative estimate of drug-likeness (QED) is 0.164. The van der Waals surface area contributed by atoms with Crippen molar-refractivity contribution in [3.63, 3.8) is 0 Å². The second-order valence-corrected chi connectivity index (χ2v) is 14.4. The van der Waals surface area contributed by atoms with Gasteiger partial charge >= 0.3 is 0 Å². The van der Waals surface area contributed by atoms with Gasteiger partial charge in [-0.3, -0.25) is 9.13 Å². The van der Waals surface area contributed by atoms with Gasteiger partial charge in [0.25, 0.3) is 0 Å². The maximum atomic E-state index is 8.00. The van der Waals surface area contributed by atoms with E-state index in [1.165, 1.54) is 5.56 Å². The van der Waals surface area contributed by atoms with E-state index in [0.717, 1.165) is 67.0 Å². The van der Waals surface area contributed by atoms with Crippen molar-refractivity contribution < 1.29 is 4.74 Å². The van der Waals surface area contributed by atoms with Crippen molar-refractivity contribution >= 4 is 27.5 Å². The highest BCUT2D eigenvalue weighted by atomic mass is 16.5. The summed E-state index contributed by atoms with van der Waals surface area (Å²) in [5.74, 6) is 3.40. The van der Waals surface area contributed by atoms with Crippen LogP contribution in [0.25, 0.3) is 60.9 Å². The van der Waals surface area contributed by atoms with Crippen LogP contribution in [0.1, 0.15) is 43.0 Å². The first kappa shape index (κ1) is 32.7. The van der Waals surface area contributed by atoms with Gasteiger partial charge in [0.15, 0.2) is 17.3 Å². The fraction of sp³-hybridized carbons (Fsp3) is 0.156. The molecule has 0 atom stereocenters. The SMILES string of the molecule is [C-]#[N+]c1cc(Oc2ccc3c4ccccc4n(-c4cc(C(C)(C)C)ccn4)c3c2)cc(-c2nnc(-c3ccccc3C)n2-c2c(C)cccc2C)c1. The molecule has 0 bridgehead atoms. The molecule has 7 heteroatoms. The van der Waals surface area contributed by atoms with Gasteiger partial charge < -0.3 is 4.74 Å². The molecule has 0 amide bonds. The molecule has 0 spiro atoms. The molecule has 8 rings (SSSR count). The van der Waals surface area contributed by atoms with Gasteiger partial charge in [-0.15, -0.1) is 10.2 Å². The lowest BCUT2D eigenvalue weighted by molar-refractivity contribution is 0.484. The Hall–Kier alpha value is -6.52.